The predicted molar refractivity (Wildman–Crippen MR) is 165 cm³/mol. The van der Waals surface area contributed by atoms with Gasteiger partial charge in [-0.2, -0.15) is 0 Å². The minimum atomic E-state index is -0.612. The zero-order chi connectivity index (χ0) is 28.8. The molecule has 7 nitrogen and oxygen atoms in total. The van der Waals surface area contributed by atoms with E-state index in [0.717, 1.165) is 16.0 Å². The van der Waals surface area contributed by atoms with Gasteiger partial charge in [-0.15, -0.1) is 11.8 Å². The van der Waals surface area contributed by atoms with Crippen molar-refractivity contribution in [2.75, 3.05) is 10.6 Å². The molecule has 5 aromatic rings. The number of carbonyl (C=O) groups is 2. The fourth-order valence-electron chi connectivity index (χ4n) is 4.54. The van der Waals surface area contributed by atoms with E-state index in [4.69, 9.17) is 0 Å². The van der Waals surface area contributed by atoms with Crippen molar-refractivity contribution in [1.29, 1.82) is 0 Å². The third-order valence-corrected chi connectivity index (χ3v) is 8.01. The Labute approximate surface area is 242 Å². The van der Waals surface area contributed by atoms with Gasteiger partial charge in [0.05, 0.1) is 17.8 Å². The summed E-state index contributed by atoms with van der Waals surface area (Å²) in [7, 11) is 1.79. The largest absolute Gasteiger partial charge is 0.326 e. The SMILES string of the molecule is Cc1c(NC(=O)C(Sc2ccc(NC(=O)Cc3ccccc3)cc2)c2ccccc2)c(=O)n(-c2ccccc2)n1C. The number of hydrogen-bond acceptors (Lipinski definition) is 4. The summed E-state index contributed by atoms with van der Waals surface area (Å²) in [6.07, 6.45) is 0.290. The van der Waals surface area contributed by atoms with Crippen molar-refractivity contribution >= 4 is 35.0 Å². The van der Waals surface area contributed by atoms with E-state index in [0.29, 0.717) is 23.5 Å². The number of para-hydroxylation sites is 1. The molecule has 206 valence electrons. The first kappa shape index (κ1) is 27.7. The van der Waals surface area contributed by atoms with Gasteiger partial charge < -0.3 is 10.6 Å². The normalized spacial score (nSPS) is 11.6. The lowest BCUT2D eigenvalue weighted by molar-refractivity contribution is -0.116. The maximum absolute atomic E-state index is 13.7. The van der Waals surface area contributed by atoms with Crippen molar-refractivity contribution in [3.05, 3.63) is 142 Å². The lowest BCUT2D eigenvalue weighted by atomic mass is 10.1. The standard InChI is InChI=1S/C33H30N4O3S/c1-23-30(33(40)37(36(23)2)27-16-10-5-11-17-27)35-32(39)31(25-14-8-4-9-15-25)41-28-20-18-26(19-21-28)34-29(38)22-24-12-6-3-7-13-24/h3-21,31H,22H2,1-2H3,(H,34,38)(H,35,39). The van der Waals surface area contributed by atoms with Crippen LogP contribution in [-0.4, -0.2) is 21.2 Å². The van der Waals surface area contributed by atoms with Gasteiger partial charge in [-0.3, -0.25) is 19.1 Å². The molecular weight excluding hydrogens is 532 g/mol. The Bertz CT molecular complexity index is 1700. The molecule has 0 aliphatic rings. The number of anilines is 2. The van der Waals surface area contributed by atoms with E-state index in [1.165, 1.54) is 11.8 Å². The average molecular weight is 563 g/mol. The summed E-state index contributed by atoms with van der Waals surface area (Å²) >= 11 is 1.38. The molecule has 8 heteroatoms. The lowest BCUT2D eigenvalue weighted by Gasteiger charge is -2.17. The monoisotopic (exact) mass is 562 g/mol. The van der Waals surface area contributed by atoms with E-state index in [2.05, 4.69) is 10.6 Å². The molecule has 41 heavy (non-hydrogen) atoms. The molecule has 4 aromatic carbocycles. The van der Waals surface area contributed by atoms with Crippen LogP contribution in [0.15, 0.2) is 125 Å². The fraction of sp³-hybridized carbons (Fsp3) is 0.121. The van der Waals surface area contributed by atoms with Gasteiger partial charge in [0.15, 0.2) is 0 Å². The summed E-state index contributed by atoms with van der Waals surface area (Å²) in [6, 6.07) is 35.8. The molecule has 5 rings (SSSR count). The van der Waals surface area contributed by atoms with Gasteiger partial charge in [0, 0.05) is 17.6 Å². The molecule has 1 unspecified atom stereocenters. The van der Waals surface area contributed by atoms with Crippen molar-refractivity contribution in [2.24, 2.45) is 7.05 Å². The number of thioether (sulfide) groups is 1. The molecule has 0 radical (unpaired) electrons. The van der Waals surface area contributed by atoms with Crippen LogP contribution in [0.5, 0.6) is 0 Å². The van der Waals surface area contributed by atoms with E-state index in [-0.39, 0.29) is 23.1 Å². The lowest BCUT2D eigenvalue weighted by Crippen LogP contribution is -2.25. The smallest absolute Gasteiger partial charge is 0.295 e. The van der Waals surface area contributed by atoms with Gasteiger partial charge in [0.25, 0.3) is 5.56 Å². The number of rotatable bonds is 9. The second-order valence-corrected chi connectivity index (χ2v) is 10.7. The van der Waals surface area contributed by atoms with Crippen LogP contribution in [0.3, 0.4) is 0 Å². The maximum atomic E-state index is 13.7. The minimum absolute atomic E-state index is 0.0995. The third-order valence-electron chi connectivity index (χ3n) is 6.74. The second-order valence-electron chi connectivity index (χ2n) is 9.57. The van der Waals surface area contributed by atoms with Crippen molar-refractivity contribution < 1.29 is 9.59 Å². The highest BCUT2D eigenvalue weighted by atomic mass is 32.2. The van der Waals surface area contributed by atoms with Crippen molar-refractivity contribution in [3.8, 4) is 5.69 Å². The maximum Gasteiger partial charge on any atom is 0.295 e. The molecule has 0 fully saturated rings. The van der Waals surface area contributed by atoms with Crippen LogP contribution in [0.2, 0.25) is 0 Å². The Morgan fingerprint density at radius 3 is 2.00 bits per heavy atom. The first-order valence-corrected chi connectivity index (χ1v) is 14.1. The molecular formula is C33H30N4O3S. The van der Waals surface area contributed by atoms with E-state index >= 15 is 0 Å². The van der Waals surface area contributed by atoms with E-state index in [9.17, 15) is 14.4 Å². The number of nitrogens with zero attached hydrogens (tertiary/aromatic N) is 2. The Balaban J connectivity index is 1.34. The number of benzene rings is 4. The van der Waals surface area contributed by atoms with Gasteiger partial charge in [-0.1, -0.05) is 78.9 Å². The van der Waals surface area contributed by atoms with Gasteiger partial charge in [-0.25, -0.2) is 4.68 Å². The van der Waals surface area contributed by atoms with Crippen LogP contribution in [0.1, 0.15) is 22.1 Å². The minimum Gasteiger partial charge on any atom is -0.326 e. The van der Waals surface area contributed by atoms with Crippen LogP contribution in [0, 0.1) is 6.92 Å². The fourth-order valence-corrected chi connectivity index (χ4v) is 5.57. The Morgan fingerprint density at radius 2 is 1.37 bits per heavy atom. The summed E-state index contributed by atoms with van der Waals surface area (Å²) in [4.78, 5) is 40.4. The first-order valence-electron chi connectivity index (χ1n) is 13.2. The van der Waals surface area contributed by atoms with Crippen LogP contribution >= 0.6 is 11.8 Å². The van der Waals surface area contributed by atoms with Crippen LogP contribution < -0.4 is 16.2 Å². The van der Waals surface area contributed by atoms with E-state index < -0.39 is 5.25 Å². The molecule has 1 aromatic heterocycles. The molecule has 0 spiro atoms. The molecule has 0 saturated heterocycles. The third kappa shape index (κ3) is 6.50. The Kier molecular flexibility index (Phi) is 8.50. The molecule has 0 bridgehead atoms. The molecule has 0 aliphatic heterocycles. The first-order chi connectivity index (χ1) is 19.9. The summed E-state index contributed by atoms with van der Waals surface area (Å²) in [6.45, 7) is 1.81. The van der Waals surface area contributed by atoms with E-state index in [1.807, 2.05) is 122 Å². The highest BCUT2D eigenvalue weighted by Crippen LogP contribution is 2.37. The zero-order valence-corrected chi connectivity index (χ0v) is 23.6. The summed E-state index contributed by atoms with van der Waals surface area (Å²) in [5, 5.41) is 5.23. The molecule has 0 aliphatic carbocycles. The van der Waals surface area contributed by atoms with Gasteiger partial charge >= 0.3 is 0 Å². The van der Waals surface area contributed by atoms with E-state index in [1.54, 1.807) is 16.4 Å². The average Bonchev–Trinajstić information content (AvgIpc) is 3.20. The van der Waals surface area contributed by atoms with Crippen LogP contribution in [0.4, 0.5) is 11.4 Å². The second kappa shape index (κ2) is 12.6. The van der Waals surface area contributed by atoms with Gasteiger partial charge in [-0.05, 0) is 54.4 Å². The summed E-state index contributed by atoms with van der Waals surface area (Å²) in [5.41, 5.74) is 3.76. The van der Waals surface area contributed by atoms with Crippen molar-refractivity contribution in [1.82, 2.24) is 9.36 Å². The van der Waals surface area contributed by atoms with Crippen LogP contribution in [0.25, 0.3) is 5.69 Å². The topological polar surface area (TPSA) is 85.1 Å². The Morgan fingerprint density at radius 1 is 0.780 bits per heavy atom. The molecule has 2 amide bonds. The molecule has 0 saturated carbocycles. The number of carbonyl (C=O) groups excluding carboxylic acids is 2. The number of amides is 2. The molecule has 2 N–H and O–H groups in total. The van der Waals surface area contributed by atoms with Gasteiger partial charge in [0.2, 0.25) is 11.8 Å². The summed E-state index contributed by atoms with van der Waals surface area (Å²) < 4.78 is 3.28. The quantitative estimate of drug-likeness (QED) is 0.212. The molecule has 1 heterocycles. The highest BCUT2D eigenvalue weighted by Gasteiger charge is 2.26. The Hall–Kier alpha value is -4.82. The van der Waals surface area contributed by atoms with Crippen LogP contribution in [-0.2, 0) is 23.1 Å². The number of hydrogen-bond donors (Lipinski definition) is 2. The van der Waals surface area contributed by atoms with Crippen molar-refractivity contribution in [3.63, 3.8) is 0 Å². The number of nitrogens with one attached hydrogen (secondary N) is 2. The predicted octanol–water partition coefficient (Wildman–Crippen LogP) is 6.14. The molecule has 1 atom stereocenters. The number of aromatic nitrogens is 2. The summed E-state index contributed by atoms with van der Waals surface area (Å²) in [5.74, 6) is -0.398. The highest BCUT2D eigenvalue weighted by molar-refractivity contribution is 8.00. The van der Waals surface area contributed by atoms with Gasteiger partial charge in [0.1, 0.15) is 10.9 Å². The van der Waals surface area contributed by atoms with Crippen molar-refractivity contribution in [2.45, 2.75) is 23.5 Å². The zero-order valence-electron chi connectivity index (χ0n) is 22.8.